The molecule has 1 aromatic heterocycles. The summed E-state index contributed by atoms with van der Waals surface area (Å²) in [7, 11) is 0. The fourth-order valence-electron chi connectivity index (χ4n) is 2.55. The van der Waals surface area contributed by atoms with Crippen molar-refractivity contribution in [3.63, 3.8) is 0 Å². The molecule has 1 aromatic carbocycles. The van der Waals surface area contributed by atoms with Crippen molar-refractivity contribution >= 4 is 11.9 Å². The zero-order valence-electron chi connectivity index (χ0n) is 13.5. The lowest BCUT2D eigenvalue weighted by atomic mass is 10.1. The van der Waals surface area contributed by atoms with Crippen LogP contribution in [0.1, 0.15) is 46.9 Å². The van der Waals surface area contributed by atoms with Crippen molar-refractivity contribution < 1.29 is 27.9 Å². The molecule has 1 heterocycles. The van der Waals surface area contributed by atoms with Crippen molar-refractivity contribution in [1.82, 2.24) is 20.3 Å². The summed E-state index contributed by atoms with van der Waals surface area (Å²) in [5.41, 5.74) is -0.203. The molecule has 0 atom stereocenters. The first kappa shape index (κ1) is 17.9. The van der Waals surface area contributed by atoms with E-state index >= 15 is 0 Å². The maximum Gasteiger partial charge on any atom is 0.416 e. The van der Waals surface area contributed by atoms with Crippen LogP contribution in [0.5, 0.6) is 0 Å². The zero-order valence-corrected chi connectivity index (χ0v) is 13.5. The van der Waals surface area contributed by atoms with Gasteiger partial charge in [-0.05, 0) is 31.0 Å². The number of alkyl halides is 3. The van der Waals surface area contributed by atoms with Crippen LogP contribution in [-0.4, -0.2) is 38.5 Å². The Balaban J connectivity index is 1.91. The number of amides is 1. The Hall–Kier alpha value is -2.91. The summed E-state index contributed by atoms with van der Waals surface area (Å²) in [6.07, 6.45) is -3.18. The molecule has 2 N–H and O–H groups in total. The van der Waals surface area contributed by atoms with E-state index in [1.54, 1.807) is 0 Å². The molecule has 1 amide bonds. The molecular formula is C16H15F3N4O3. The quantitative estimate of drug-likeness (QED) is 0.816. The van der Waals surface area contributed by atoms with Gasteiger partial charge in [-0.15, -0.1) is 5.10 Å². The molecule has 0 saturated heterocycles. The molecule has 138 valence electrons. The van der Waals surface area contributed by atoms with Gasteiger partial charge in [0.25, 0.3) is 5.91 Å². The van der Waals surface area contributed by atoms with E-state index in [9.17, 15) is 22.8 Å². The molecule has 3 rings (SSSR count). The normalized spacial score (nSPS) is 14.3. The van der Waals surface area contributed by atoms with E-state index in [1.165, 1.54) is 16.8 Å². The zero-order chi connectivity index (χ0) is 18.9. The summed E-state index contributed by atoms with van der Waals surface area (Å²) < 4.78 is 40.1. The van der Waals surface area contributed by atoms with Gasteiger partial charge in [0.2, 0.25) is 0 Å². The van der Waals surface area contributed by atoms with Gasteiger partial charge >= 0.3 is 12.1 Å². The van der Waals surface area contributed by atoms with E-state index in [1.807, 2.05) is 0 Å². The summed E-state index contributed by atoms with van der Waals surface area (Å²) in [4.78, 5) is 22.8. The second-order valence-corrected chi connectivity index (χ2v) is 5.96. The fourth-order valence-corrected chi connectivity index (χ4v) is 2.55. The molecule has 0 unspecified atom stereocenters. The van der Waals surface area contributed by atoms with E-state index in [0.717, 1.165) is 25.0 Å². The highest BCUT2D eigenvalue weighted by atomic mass is 19.4. The van der Waals surface area contributed by atoms with Crippen LogP contribution >= 0.6 is 0 Å². The molecular weight excluding hydrogens is 353 g/mol. The van der Waals surface area contributed by atoms with Crippen LogP contribution in [0.3, 0.4) is 0 Å². The lowest BCUT2D eigenvalue weighted by molar-refractivity contribution is -0.138. The third-order valence-electron chi connectivity index (χ3n) is 3.93. The minimum Gasteiger partial charge on any atom is -0.481 e. The van der Waals surface area contributed by atoms with Gasteiger partial charge < -0.3 is 10.4 Å². The number of rotatable bonds is 6. The second-order valence-electron chi connectivity index (χ2n) is 5.96. The van der Waals surface area contributed by atoms with Crippen LogP contribution < -0.4 is 5.32 Å². The summed E-state index contributed by atoms with van der Waals surface area (Å²) in [5.74, 6) is -1.66. The van der Waals surface area contributed by atoms with E-state index in [2.05, 4.69) is 15.6 Å². The number of benzene rings is 1. The second kappa shape index (κ2) is 6.77. The van der Waals surface area contributed by atoms with Gasteiger partial charge in [0.1, 0.15) is 0 Å². The maximum absolute atomic E-state index is 12.9. The highest BCUT2D eigenvalue weighted by Gasteiger charge is 2.35. The molecule has 1 aliphatic rings. The Kier molecular flexibility index (Phi) is 4.66. The summed E-state index contributed by atoms with van der Waals surface area (Å²) >= 11 is 0. The molecule has 0 bridgehead atoms. The highest BCUT2D eigenvalue weighted by Crippen LogP contribution is 2.42. The van der Waals surface area contributed by atoms with Gasteiger partial charge in [-0.1, -0.05) is 11.3 Å². The summed E-state index contributed by atoms with van der Waals surface area (Å²) in [5, 5.41) is 18.7. The summed E-state index contributed by atoms with van der Waals surface area (Å²) in [6.45, 7) is -0.0747. The standard InChI is InChI=1S/C16H15F3N4O3/c17-16(18,19)10-2-1-3-11(8-10)23-14(9-4-5-9)13(21-22-23)15(26)20-7-6-12(24)25/h1-3,8-9H,4-7H2,(H,20,26)(H,24,25). The Morgan fingerprint density at radius 2 is 2.04 bits per heavy atom. The van der Waals surface area contributed by atoms with E-state index < -0.39 is 23.6 Å². The molecule has 26 heavy (non-hydrogen) atoms. The third-order valence-corrected chi connectivity index (χ3v) is 3.93. The molecule has 1 fully saturated rings. The minimum atomic E-state index is -4.49. The van der Waals surface area contributed by atoms with Gasteiger partial charge in [-0.25, -0.2) is 4.68 Å². The molecule has 1 aliphatic carbocycles. The number of carbonyl (C=O) groups excluding carboxylic acids is 1. The van der Waals surface area contributed by atoms with Crippen LogP contribution in [0, 0.1) is 0 Å². The number of aromatic nitrogens is 3. The lowest BCUT2D eigenvalue weighted by Crippen LogP contribution is -2.27. The molecule has 2 aromatic rings. The number of carboxylic acid groups (broad SMARTS) is 1. The number of aliphatic carboxylic acids is 1. The smallest absolute Gasteiger partial charge is 0.416 e. The van der Waals surface area contributed by atoms with Gasteiger partial charge in [-0.2, -0.15) is 13.2 Å². The summed E-state index contributed by atoms with van der Waals surface area (Å²) in [6, 6.07) is 4.63. The number of carbonyl (C=O) groups is 2. The van der Waals surface area contributed by atoms with E-state index in [0.29, 0.717) is 5.69 Å². The first-order valence-corrected chi connectivity index (χ1v) is 7.90. The Labute approximate surface area is 145 Å². The van der Waals surface area contributed by atoms with Gasteiger partial charge in [0.15, 0.2) is 5.69 Å². The molecule has 7 nitrogen and oxygen atoms in total. The number of hydrogen-bond donors (Lipinski definition) is 2. The van der Waals surface area contributed by atoms with E-state index in [4.69, 9.17) is 5.11 Å². The fraction of sp³-hybridized carbons (Fsp3) is 0.375. The number of hydrogen-bond acceptors (Lipinski definition) is 4. The number of carboxylic acids is 1. The van der Waals surface area contributed by atoms with Gasteiger partial charge in [-0.3, -0.25) is 9.59 Å². The molecule has 1 saturated carbocycles. The topological polar surface area (TPSA) is 97.1 Å². The third kappa shape index (κ3) is 3.84. The lowest BCUT2D eigenvalue weighted by Gasteiger charge is -2.11. The van der Waals surface area contributed by atoms with E-state index in [-0.39, 0.29) is 30.3 Å². The minimum absolute atomic E-state index is 0.00954. The number of halogens is 3. The predicted octanol–water partition coefficient (Wildman–Crippen LogP) is 2.37. The Morgan fingerprint density at radius 3 is 2.65 bits per heavy atom. The molecule has 10 heteroatoms. The average molecular weight is 368 g/mol. The van der Waals surface area contributed by atoms with Crippen molar-refractivity contribution in [3.8, 4) is 5.69 Å². The Bertz CT molecular complexity index is 844. The van der Waals surface area contributed by atoms with Crippen LogP contribution in [-0.2, 0) is 11.0 Å². The van der Waals surface area contributed by atoms with Crippen molar-refractivity contribution in [2.45, 2.75) is 31.4 Å². The van der Waals surface area contributed by atoms with Crippen LogP contribution in [0.15, 0.2) is 24.3 Å². The van der Waals surface area contributed by atoms with Crippen molar-refractivity contribution in [2.24, 2.45) is 0 Å². The number of nitrogens with zero attached hydrogens (tertiary/aromatic N) is 3. The molecule has 0 aliphatic heterocycles. The maximum atomic E-state index is 12.9. The van der Waals surface area contributed by atoms with Crippen molar-refractivity contribution in [3.05, 3.63) is 41.2 Å². The van der Waals surface area contributed by atoms with Gasteiger partial charge in [0.05, 0.1) is 23.4 Å². The van der Waals surface area contributed by atoms with Gasteiger partial charge in [0, 0.05) is 12.5 Å². The monoisotopic (exact) mass is 368 g/mol. The first-order valence-electron chi connectivity index (χ1n) is 7.90. The SMILES string of the molecule is O=C(O)CCNC(=O)c1nnn(-c2cccc(C(F)(F)F)c2)c1C1CC1. The van der Waals surface area contributed by atoms with Crippen LogP contribution in [0.4, 0.5) is 13.2 Å². The Morgan fingerprint density at radius 1 is 1.31 bits per heavy atom. The van der Waals surface area contributed by atoms with Crippen molar-refractivity contribution in [1.29, 1.82) is 0 Å². The average Bonchev–Trinajstić information content (AvgIpc) is 3.31. The molecule has 0 spiro atoms. The largest absolute Gasteiger partial charge is 0.481 e. The van der Waals surface area contributed by atoms with Crippen molar-refractivity contribution in [2.75, 3.05) is 6.54 Å². The van der Waals surface area contributed by atoms with Crippen LogP contribution in [0.2, 0.25) is 0 Å². The first-order chi connectivity index (χ1) is 12.3. The number of nitrogens with one attached hydrogen (secondary N) is 1. The van der Waals surface area contributed by atoms with Crippen LogP contribution in [0.25, 0.3) is 5.69 Å². The predicted molar refractivity (Wildman–Crippen MR) is 82.9 cm³/mol. The highest BCUT2D eigenvalue weighted by molar-refractivity contribution is 5.93. The molecule has 0 radical (unpaired) electrons.